The number of amides is 1. The van der Waals surface area contributed by atoms with Crippen molar-refractivity contribution in [3.8, 4) is 0 Å². The van der Waals surface area contributed by atoms with Gasteiger partial charge in [0.2, 0.25) is 0 Å². The van der Waals surface area contributed by atoms with Crippen molar-refractivity contribution < 1.29 is 18.7 Å². The first kappa shape index (κ1) is 15.1. The maximum atomic E-state index is 11.6. The van der Waals surface area contributed by atoms with Crippen molar-refractivity contribution >= 4 is 23.5 Å². The average molecular weight is 308 g/mol. The third-order valence-corrected chi connectivity index (χ3v) is 3.07. The maximum absolute atomic E-state index is 11.6. The van der Waals surface area contributed by atoms with E-state index in [-0.39, 0.29) is 25.5 Å². The van der Waals surface area contributed by atoms with Crippen LogP contribution in [-0.2, 0) is 27.3 Å². The second-order valence-electron chi connectivity index (χ2n) is 4.28. The fraction of sp³-hybridized carbons (Fsp3) is 0.200. The molecule has 0 radical (unpaired) electrons. The molecule has 1 aromatic carbocycles. The van der Waals surface area contributed by atoms with Gasteiger partial charge in [-0.2, -0.15) is 0 Å². The van der Waals surface area contributed by atoms with Gasteiger partial charge in [0.25, 0.3) is 5.91 Å². The summed E-state index contributed by atoms with van der Waals surface area (Å²) in [5, 5.41) is 3.08. The third kappa shape index (κ3) is 4.96. The Labute approximate surface area is 126 Å². The number of carbonyl (C=O) groups excluding carboxylic acids is 2. The molecule has 1 amide bonds. The summed E-state index contributed by atoms with van der Waals surface area (Å²) in [6, 6.07) is 10.5. The molecule has 0 bridgehead atoms. The van der Waals surface area contributed by atoms with Gasteiger partial charge in [-0.05, 0) is 23.8 Å². The molecule has 1 heterocycles. The predicted octanol–water partition coefficient (Wildman–Crippen LogP) is 2.34. The Kier molecular flexibility index (Phi) is 5.40. The topological polar surface area (TPSA) is 68.5 Å². The molecule has 110 valence electrons. The van der Waals surface area contributed by atoms with E-state index in [9.17, 15) is 9.59 Å². The van der Waals surface area contributed by atoms with Crippen LogP contribution in [0.5, 0.6) is 0 Å². The monoisotopic (exact) mass is 307 g/mol. The van der Waals surface area contributed by atoms with Crippen LogP contribution in [0.3, 0.4) is 0 Å². The molecule has 2 aromatic rings. The standard InChI is InChI=1S/C15H14ClNO4/c16-13-6-2-1-4-11(13)8-15(19)21-10-14(18)17-9-12-5-3-7-20-12/h1-7H,8-10H2,(H,17,18). The molecule has 0 spiro atoms. The van der Waals surface area contributed by atoms with Crippen LogP contribution in [0.25, 0.3) is 0 Å². The van der Waals surface area contributed by atoms with E-state index in [0.29, 0.717) is 16.3 Å². The lowest BCUT2D eigenvalue weighted by atomic mass is 10.1. The van der Waals surface area contributed by atoms with Gasteiger partial charge in [-0.1, -0.05) is 29.8 Å². The molecule has 21 heavy (non-hydrogen) atoms. The summed E-state index contributed by atoms with van der Waals surface area (Å²) < 4.78 is 9.96. The van der Waals surface area contributed by atoms with E-state index < -0.39 is 5.97 Å². The largest absolute Gasteiger partial charge is 0.467 e. The van der Waals surface area contributed by atoms with E-state index in [2.05, 4.69) is 5.32 Å². The average Bonchev–Trinajstić information content (AvgIpc) is 2.99. The highest BCUT2D eigenvalue weighted by Crippen LogP contribution is 2.15. The van der Waals surface area contributed by atoms with Gasteiger partial charge in [0.15, 0.2) is 6.61 Å². The number of ether oxygens (including phenoxy) is 1. The van der Waals surface area contributed by atoms with Crippen molar-refractivity contribution in [2.24, 2.45) is 0 Å². The van der Waals surface area contributed by atoms with Crippen molar-refractivity contribution in [3.05, 3.63) is 59.0 Å². The molecule has 0 saturated heterocycles. The smallest absolute Gasteiger partial charge is 0.310 e. The first-order chi connectivity index (χ1) is 10.1. The lowest BCUT2D eigenvalue weighted by Crippen LogP contribution is -2.28. The van der Waals surface area contributed by atoms with Crippen LogP contribution < -0.4 is 5.32 Å². The van der Waals surface area contributed by atoms with Gasteiger partial charge < -0.3 is 14.5 Å². The summed E-state index contributed by atoms with van der Waals surface area (Å²) in [6.07, 6.45) is 1.55. The summed E-state index contributed by atoms with van der Waals surface area (Å²) in [6.45, 7) is -0.0715. The Morgan fingerprint density at radius 2 is 2.00 bits per heavy atom. The van der Waals surface area contributed by atoms with E-state index in [1.54, 1.807) is 36.4 Å². The Bertz CT molecular complexity index is 610. The zero-order valence-electron chi connectivity index (χ0n) is 11.2. The number of rotatable bonds is 6. The number of carbonyl (C=O) groups is 2. The molecule has 0 fully saturated rings. The first-order valence-electron chi connectivity index (χ1n) is 6.33. The van der Waals surface area contributed by atoms with Gasteiger partial charge >= 0.3 is 5.97 Å². The molecular formula is C15H14ClNO4. The predicted molar refractivity (Wildman–Crippen MR) is 76.7 cm³/mol. The van der Waals surface area contributed by atoms with Crippen LogP contribution in [0.15, 0.2) is 47.1 Å². The van der Waals surface area contributed by atoms with E-state index in [1.165, 1.54) is 6.26 Å². The maximum Gasteiger partial charge on any atom is 0.310 e. The molecule has 0 saturated carbocycles. The van der Waals surface area contributed by atoms with E-state index >= 15 is 0 Å². The van der Waals surface area contributed by atoms with Crippen molar-refractivity contribution in [1.29, 1.82) is 0 Å². The third-order valence-electron chi connectivity index (χ3n) is 2.70. The molecule has 0 aliphatic carbocycles. The van der Waals surface area contributed by atoms with Gasteiger partial charge in [-0.25, -0.2) is 0 Å². The van der Waals surface area contributed by atoms with Crippen molar-refractivity contribution in [3.63, 3.8) is 0 Å². The van der Waals surface area contributed by atoms with Gasteiger partial charge in [-0.3, -0.25) is 9.59 Å². The highest BCUT2D eigenvalue weighted by Gasteiger charge is 2.10. The minimum Gasteiger partial charge on any atom is -0.467 e. The molecule has 2 rings (SSSR count). The molecule has 0 aliphatic rings. The Hall–Kier alpha value is -2.27. The van der Waals surface area contributed by atoms with E-state index in [4.69, 9.17) is 20.8 Å². The summed E-state index contributed by atoms with van der Waals surface area (Å²) >= 11 is 5.94. The highest BCUT2D eigenvalue weighted by molar-refractivity contribution is 6.31. The number of esters is 1. The Balaban J connectivity index is 1.71. The number of furan rings is 1. The van der Waals surface area contributed by atoms with Gasteiger partial charge in [-0.15, -0.1) is 0 Å². The van der Waals surface area contributed by atoms with Crippen LogP contribution >= 0.6 is 11.6 Å². The molecular weight excluding hydrogens is 294 g/mol. The van der Waals surface area contributed by atoms with Gasteiger partial charge in [0.1, 0.15) is 5.76 Å². The normalized spacial score (nSPS) is 10.1. The second kappa shape index (κ2) is 7.50. The summed E-state index contributed by atoms with van der Waals surface area (Å²) in [5.41, 5.74) is 0.667. The van der Waals surface area contributed by atoms with Crippen LogP contribution in [-0.4, -0.2) is 18.5 Å². The zero-order chi connectivity index (χ0) is 15.1. The van der Waals surface area contributed by atoms with Crippen molar-refractivity contribution in [2.45, 2.75) is 13.0 Å². The van der Waals surface area contributed by atoms with Gasteiger partial charge in [0, 0.05) is 5.02 Å². The van der Waals surface area contributed by atoms with Crippen LogP contribution in [0.4, 0.5) is 0 Å². The quantitative estimate of drug-likeness (QED) is 0.832. The number of halogens is 1. The molecule has 1 N–H and O–H groups in total. The minimum atomic E-state index is -0.503. The fourth-order valence-electron chi connectivity index (χ4n) is 1.64. The lowest BCUT2D eigenvalue weighted by Gasteiger charge is -2.06. The SMILES string of the molecule is O=C(COC(=O)Cc1ccccc1Cl)NCc1ccco1. The van der Waals surface area contributed by atoms with E-state index in [0.717, 1.165) is 0 Å². The van der Waals surface area contributed by atoms with E-state index in [1.807, 2.05) is 0 Å². The summed E-state index contributed by atoms with van der Waals surface area (Å²) in [4.78, 5) is 23.1. The summed E-state index contributed by atoms with van der Waals surface area (Å²) in [7, 11) is 0. The lowest BCUT2D eigenvalue weighted by molar-refractivity contribution is -0.147. The van der Waals surface area contributed by atoms with Crippen molar-refractivity contribution in [2.75, 3.05) is 6.61 Å². The highest BCUT2D eigenvalue weighted by atomic mass is 35.5. The van der Waals surface area contributed by atoms with Gasteiger partial charge in [0.05, 0.1) is 19.2 Å². The van der Waals surface area contributed by atoms with Crippen LogP contribution in [0.2, 0.25) is 5.02 Å². The van der Waals surface area contributed by atoms with Crippen LogP contribution in [0, 0.1) is 0 Å². The molecule has 5 nitrogen and oxygen atoms in total. The minimum absolute atomic E-state index is 0.0329. The van der Waals surface area contributed by atoms with Crippen molar-refractivity contribution in [1.82, 2.24) is 5.32 Å². The number of hydrogen-bond acceptors (Lipinski definition) is 4. The number of hydrogen-bond donors (Lipinski definition) is 1. The molecule has 0 aliphatic heterocycles. The molecule has 6 heteroatoms. The first-order valence-corrected chi connectivity index (χ1v) is 6.71. The Morgan fingerprint density at radius 3 is 2.71 bits per heavy atom. The number of benzene rings is 1. The molecule has 1 aromatic heterocycles. The summed E-state index contributed by atoms with van der Waals surface area (Å²) in [5.74, 6) is -0.263. The number of nitrogens with one attached hydrogen (secondary N) is 1. The molecule has 0 unspecified atom stereocenters. The molecule has 0 atom stereocenters. The Morgan fingerprint density at radius 1 is 1.19 bits per heavy atom. The van der Waals surface area contributed by atoms with Crippen LogP contribution in [0.1, 0.15) is 11.3 Å². The fourth-order valence-corrected chi connectivity index (χ4v) is 1.85. The zero-order valence-corrected chi connectivity index (χ0v) is 11.9. The second-order valence-corrected chi connectivity index (χ2v) is 4.69.